The van der Waals surface area contributed by atoms with E-state index in [1.807, 2.05) is 0 Å². The number of nitrogens with one attached hydrogen (secondary N) is 1. The zero-order valence-corrected chi connectivity index (χ0v) is 11.2. The lowest BCUT2D eigenvalue weighted by atomic mass is 9.89. The molecule has 0 aliphatic carbocycles. The number of fused-ring (bicyclic) bond motifs is 1. The first-order chi connectivity index (χ1) is 8.69. The third kappa shape index (κ3) is 1.97. The first kappa shape index (κ1) is 11.8. The molecule has 0 aromatic heterocycles. The summed E-state index contributed by atoms with van der Waals surface area (Å²) in [6.45, 7) is 6.99. The van der Waals surface area contributed by atoms with E-state index in [1.165, 1.54) is 24.0 Å². The van der Waals surface area contributed by atoms with Crippen LogP contribution in [0.4, 0.5) is 0 Å². The minimum absolute atomic E-state index is 0.0927. The average molecular weight is 247 g/mol. The van der Waals surface area contributed by atoms with E-state index in [2.05, 4.69) is 31.3 Å². The molecule has 0 spiro atoms. The summed E-state index contributed by atoms with van der Waals surface area (Å²) in [5.41, 5.74) is 2.59. The molecule has 1 N–H and O–H groups in total. The van der Waals surface area contributed by atoms with Gasteiger partial charge in [-0.3, -0.25) is 0 Å². The van der Waals surface area contributed by atoms with E-state index in [0.29, 0.717) is 0 Å². The number of benzene rings is 1. The molecule has 3 rings (SSSR count). The lowest BCUT2D eigenvalue weighted by molar-refractivity contribution is 0.296. The van der Waals surface area contributed by atoms with E-state index in [1.54, 1.807) is 0 Å². The van der Waals surface area contributed by atoms with Crippen molar-refractivity contribution in [1.82, 2.24) is 5.32 Å². The highest BCUT2D eigenvalue weighted by Gasteiger charge is 2.31. The minimum atomic E-state index is 0.0927. The summed E-state index contributed by atoms with van der Waals surface area (Å²) < 4.78 is 11.6. The molecule has 1 fully saturated rings. The normalized spacial score (nSPS) is 27.0. The largest absolute Gasteiger partial charge is 0.490 e. The third-order valence-electron chi connectivity index (χ3n) is 4.04. The number of rotatable bonds is 1. The smallest absolute Gasteiger partial charge is 0.164 e. The molecule has 2 aliphatic heterocycles. The summed E-state index contributed by atoms with van der Waals surface area (Å²) in [7, 11) is 0. The van der Waals surface area contributed by atoms with Crippen molar-refractivity contribution in [3.8, 4) is 11.5 Å². The predicted molar refractivity (Wildman–Crippen MR) is 71.4 cm³/mol. The van der Waals surface area contributed by atoms with Crippen molar-refractivity contribution in [2.24, 2.45) is 0 Å². The Labute approximate surface area is 108 Å². The monoisotopic (exact) mass is 247 g/mol. The van der Waals surface area contributed by atoms with Crippen molar-refractivity contribution in [2.75, 3.05) is 19.8 Å². The van der Waals surface area contributed by atoms with E-state index in [-0.39, 0.29) is 5.54 Å². The number of hydrogen-bond donors (Lipinski definition) is 1. The number of ether oxygens (including phenoxy) is 2. The molecule has 2 aliphatic rings. The van der Waals surface area contributed by atoms with Crippen LogP contribution in [0.1, 0.15) is 37.3 Å². The van der Waals surface area contributed by atoms with Gasteiger partial charge in [0.1, 0.15) is 0 Å². The highest BCUT2D eigenvalue weighted by atomic mass is 16.5. The van der Waals surface area contributed by atoms with Crippen LogP contribution in [0.15, 0.2) is 12.1 Å². The average Bonchev–Trinajstić information content (AvgIpc) is 2.66. The van der Waals surface area contributed by atoms with Crippen molar-refractivity contribution < 1.29 is 9.47 Å². The van der Waals surface area contributed by atoms with E-state index >= 15 is 0 Å². The SMILES string of the molecule is Cc1cc(C2(C)CCCN2)cc2c1OCCCO2. The maximum absolute atomic E-state index is 5.82. The molecule has 0 saturated carbocycles. The maximum Gasteiger partial charge on any atom is 0.164 e. The molecule has 1 atom stereocenters. The summed E-state index contributed by atoms with van der Waals surface area (Å²) in [6, 6.07) is 4.40. The second-order valence-corrected chi connectivity index (χ2v) is 5.53. The summed E-state index contributed by atoms with van der Waals surface area (Å²) in [5.74, 6) is 1.84. The standard InChI is InChI=1S/C15H21NO2/c1-11-9-12(15(2)5-3-6-16-15)10-13-14(11)18-8-4-7-17-13/h9-10,16H,3-8H2,1-2H3. The Morgan fingerprint density at radius 1 is 1.17 bits per heavy atom. The molecular formula is C15H21NO2. The van der Waals surface area contributed by atoms with Crippen LogP contribution < -0.4 is 14.8 Å². The van der Waals surface area contributed by atoms with E-state index < -0.39 is 0 Å². The number of hydrogen-bond acceptors (Lipinski definition) is 3. The van der Waals surface area contributed by atoms with Crippen LogP contribution in [-0.4, -0.2) is 19.8 Å². The molecule has 3 heteroatoms. The molecule has 0 radical (unpaired) electrons. The van der Waals surface area contributed by atoms with Crippen LogP contribution in [0.25, 0.3) is 0 Å². The van der Waals surface area contributed by atoms with Gasteiger partial charge in [0, 0.05) is 12.0 Å². The molecular weight excluding hydrogens is 226 g/mol. The van der Waals surface area contributed by atoms with E-state index in [0.717, 1.165) is 37.7 Å². The molecule has 18 heavy (non-hydrogen) atoms. The molecule has 1 aromatic carbocycles. The summed E-state index contributed by atoms with van der Waals surface area (Å²) >= 11 is 0. The van der Waals surface area contributed by atoms with E-state index in [9.17, 15) is 0 Å². The van der Waals surface area contributed by atoms with Gasteiger partial charge >= 0.3 is 0 Å². The zero-order chi connectivity index (χ0) is 12.6. The van der Waals surface area contributed by atoms with Crippen LogP contribution in [0.5, 0.6) is 11.5 Å². The number of aryl methyl sites for hydroxylation is 1. The van der Waals surface area contributed by atoms with Crippen LogP contribution in [0, 0.1) is 6.92 Å². The zero-order valence-electron chi connectivity index (χ0n) is 11.2. The summed E-state index contributed by atoms with van der Waals surface area (Å²) in [5, 5.41) is 3.60. The molecule has 3 nitrogen and oxygen atoms in total. The van der Waals surface area contributed by atoms with Gasteiger partial charge in [0.05, 0.1) is 13.2 Å². The van der Waals surface area contributed by atoms with Crippen molar-refractivity contribution >= 4 is 0 Å². The minimum Gasteiger partial charge on any atom is -0.490 e. The van der Waals surface area contributed by atoms with Gasteiger partial charge in [-0.25, -0.2) is 0 Å². The fourth-order valence-corrected chi connectivity index (χ4v) is 2.91. The second kappa shape index (κ2) is 4.47. The second-order valence-electron chi connectivity index (χ2n) is 5.53. The summed E-state index contributed by atoms with van der Waals surface area (Å²) in [4.78, 5) is 0. The van der Waals surface area contributed by atoms with Crippen molar-refractivity contribution in [2.45, 2.75) is 38.6 Å². The Hall–Kier alpha value is -1.22. The van der Waals surface area contributed by atoms with Crippen molar-refractivity contribution in [1.29, 1.82) is 0 Å². The molecule has 98 valence electrons. The molecule has 1 saturated heterocycles. The predicted octanol–water partition coefficient (Wildman–Crippen LogP) is 2.75. The fraction of sp³-hybridized carbons (Fsp3) is 0.600. The molecule has 2 heterocycles. The lowest BCUT2D eigenvalue weighted by Crippen LogP contribution is -2.33. The first-order valence-electron chi connectivity index (χ1n) is 6.85. The maximum atomic E-state index is 5.82. The Balaban J connectivity index is 2.02. The Kier molecular flexibility index (Phi) is 2.94. The van der Waals surface area contributed by atoms with Crippen LogP contribution in [0.3, 0.4) is 0 Å². The van der Waals surface area contributed by atoms with Gasteiger partial charge in [0.2, 0.25) is 0 Å². The van der Waals surface area contributed by atoms with Crippen LogP contribution in [0.2, 0.25) is 0 Å². The lowest BCUT2D eigenvalue weighted by Gasteiger charge is -2.26. The van der Waals surface area contributed by atoms with Crippen molar-refractivity contribution in [3.05, 3.63) is 23.3 Å². The fourth-order valence-electron chi connectivity index (χ4n) is 2.91. The topological polar surface area (TPSA) is 30.5 Å². The Bertz CT molecular complexity index is 450. The molecule has 0 bridgehead atoms. The highest BCUT2D eigenvalue weighted by molar-refractivity contribution is 5.51. The quantitative estimate of drug-likeness (QED) is 0.827. The van der Waals surface area contributed by atoms with E-state index in [4.69, 9.17) is 9.47 Å². The van der Waals surface area contributed by atoms with Gasteiger partial charge in [0.25, 0.3) is 0 Å². The Morgan fingerprint density at radius 3 is 2.78 bits per heavy atom. The van der Waals surface area contributed by atoms with Gasteiger partial charge in [-0.15, -0.1) is 0 Å². The Morgan fingerprint density at radius 2 is 2.00 bits per heavy atom. The van der Waals surface area contributed by atoms with Crippen LogP contribution in [-0.2, 0) is 5.54 Å². The highest BCUT2D eigenvalue weighted by Crippen LogP contribution is 2.39. The third-order valence-corrected chi connectivity index (χ3v) is 4.04. The van der Waals surface area contributed by atoms with Gasteiger partial charge in [0.15, 0.2) is 11.5 Å². The van der Waals surface area contributed by atoms with Crippen LogP contribution >= 0.6 is 0 Å². The van der Waals surface area contributed by atoms with Gasteiger partial charge in [-0.2, -0.15) is 0 Å². The molecule has 1 unspecified atom stereocenters. The first-order valence-corrected chi connectivity index (χ1v) is 6.85. The van der Waals surface area contributed by atoms with Crippen molar-refractivity contribution in [3.63, 3.8) is 0 Å². The van der Waals surface area contributed by atoms with Gasteiger partial charge in [-0.05, 0) is 50.4 Å². The molecule has 0 amide bonds. The van der Waals surface area contributed by atoms with Gasteiger partial charge in [-0.1, -0.05) is 6.07 Å². The molecule has 1 aromatic rings. The van der Waals surface area contributed by atoms with Gasteiger partial charge < -0.3 is 14.8 Å². The summed E-state index contributed by atoms with van der Waals surface area (Å²) in [6.07, 6.45) is 3.38.